The number of allylic oxidation sites excluding steroid dienone is 1. The minimum Gasteiger partial charge on any atom is -0.327 e. The number of hydrogen-bond donors (Lipinski definition) is 3. The zero-order chi connectivity index (χ0) is 20.5. The number of anilines is 1. The first-order valence-electron chi connectivity index (χ1n) is 8.18. The van der Waals surface area contributed by atoms with Crippen molar-refractivity contribution >= 4 is 33.6 Å². The number of alkyl halides is 3. The molecule has 1 heterocycles. The van der Waals surface area contributed by atoms with E-state index in [1.54, 1.807) is 24.3 Å². The number of benzene rings is 2. The maximum atomic E-state index is 13.2. The Labute approximate surface area is 167 Å². The SMILES string of the molecule is CC1=C(C(=O)Nc2ccccc2C(F)(F)F)[C@@H](c2cccc(Br)c2)NC(=O)N1. The van der Waals surface area contributed by atoms with Crippen molar-refractivity contribution in [1.29, 1.82) is 0 Å². The number of carbonyl (C=O) groups excluding carboxylic acids is 2. The van der Waals surface area contributed by atoms with Crippen molar-refractivity contribution in [3.63, 3.8) is 0 Å². The van der Waals surface area contributed by atoms with Gasteiger partial charge in [0.2, 0.25) is 0 Å². The van der Waals surface area contributed by atoms with Crippen LogP contribution in [0.1, 0.15) is 24.1 Å². The minimum atomic E-state index is -4.62. The maximum absolute atomic E-state index is 13.2. The Morgan fingerprint density at radius 1 is 1.14 bits per heavy atom. The summed E-state index contributed by atoms with van der Waals surface area (Å²) in [6.45, 7) is 1.52. The molecule has 0 radical (unpaired) electrons. The number of hydrogen-bond acceptors (Lipinski definition) is 2. The monoisotopic (exact) mass is 453 g/mol. The van der Waals surface area contributed by atoms with E-state index in [2.05, 4.69) is 31.9 Å². The van der Waals surface area contributed by atoms with Crippen molar-refractivity contribution in [3.8, 4) is 0 Å². The van der Waals surface area contributed by atoms with Gasteiger partial charge in [-0.05, 0) is 36.8 Å². The van der Waals surface area contributed by atoms with E-state index in [0.29, 0.717) is 5.56 Å². The van der Waals surface area contributed by atoms with Crippen molar-refractivity contribution in [3.05, 3.63) is 75.4 Å². The molecule has 0 bridgehead atoms. The van der Waals surface area contributed by atoms with Gasteiger partial charge in [-0.3, -0.25) is 4.79 Å². The van der Waals surface area contributed by atoms with Crippen LogP contribution in [0.3, 0.4) is 0 Å². The molecule has 3 amide bonds. The predicted molar refractivity (Wildman–Crippen MR) is 101 cm³/mol. The number of halogens is 4. The largest absolute Gasteiger partial charge is 0.418 e. The normalized spacial score (nSPS) is 17.0. The third kappa shape index (κ3) is 4.19. The highest BCUT2D eigenvalue weighted by Crippen LogP contribution is 2.35. The zero-order valence-corrected chi connectivity index (χ0v) is 16.1. The van der Waals surface area contributed by atoms with Gasteiger partial charge in [-0.25, -0.2) is 4.79 Å². The van der Waals surface area contributed by atoms with Gasteiger partial charge in [-0.15, -0.1) is 0 Å². The molecule has 2 aromatic rings. The fourth-order valence-electron chi connectivity index (χ4n) is 2.96. The van der Waals surface area contributed by atoms with Crippen LogP contribution in [0.25, 0.3) is 0 Å². The van der Waals surface area contributed by atoms with Crippen LogP contribution in [0.5, 0.6) is 0 Å². The van der Waals surface area contributed by atoms with E-state index >= 15 is 0 Å². The third-order valence-corrected chi connectivity index (χ3v) is 4.67. The summed E-state index contributed by atoms with van der Waals surface area (Å²) < 4.78 is 40.4. The molecule has 3 N–H and O–H groups in total. The second kappa shape index (κ2) is 7.67. The van der Waals surface area contributed by atoms with Crippen LogP contribution in [0.2, 0.25) is 0 Å². The lowest BCUT2D eigenvalue weighted by Gasteiger charge is -2.29. The molecule has 0 fully saturated rings. The number of urea groups is 1. The first-order chi connectivity index (χ1) is 13.2. The molecule has 0 saturated heterocycles. The van der Waals surface area contributed by atoms with E-state index in [0.717, 1.165) is 10.5 Å². The summed E-state index contributed by atoms with van der Waals surface area (Å²) in [7, 11) is 0. The summed E-state index contributed by atoms with van der Waals surface area (Å²) in [6, 6.07) is 10.3. The van der Waals surface area contributed by atoms with E-state index in [-0.39, 0.29) is 17.0 Å². The van der Waals surface area contributed by atoms with Crippen molar-refractivity contribution < 1.29 is 22.8 Å². The highest BCUT2D eigenvalue weighted by molar-refractivity contribution is 9.10. The number of carbonyl (C=O) groups is 2. The Morgan fingerprint density at radius 3 is 2.54 bits per heavy atom. The Morgan fingerprint density at radius 2 is 1.86 bits per heavy atom. The van der Waals surface area contributed by atoms with Crippen molar-refractivity contribution in [2.45, 2.75) is 19.1 Å². The first-order valence-corrected chi connectivity index (χ1v) is 8.97. The molecule has 0 saturated carbocycles. The van der Waals surface area contributed by atoms with Crippen LogP contribution in [-0.4, -0.2) is 11.9 Å². The van der Waals surface area contributed by atoms with Gasteiger partial charge in [-0.1, -0.05) is 40.2 Å². The van der Waals surface area contributed by atoms with E-state index in [4.69, 9.17) is 0 Å². The average molecular weight is 454 g/mol. The van der Waals surface area contributed by atoms with Crippen LogP contribution in [0, 0.1) is 0 Å². The molecule has 2 aromatic carbocycles. The summed E-state index contributed by atoms with van der Waals surface area (Å²) in [5.41, 5.74) is -0.318. The highest BCUT2D eigenvalue weighted by atomic mass is 79.9. The number of nitrogens with one attached hydrogen (secondary N) is 3. The topological polar surface area (TPSA) is 70.2 Å². The Bertz CT molecular complexity index is 973. The maximum Gasteiger partial charge on any atom is 0.418 e. The van der Waals surface area contributed by atoms with Gasteiger partial charge >= 0.3 is 12.2 Å². The number of rotatable bonds is 3. The summed E-state index contributed by atoms with van der Waals surface area (Å²) in [5, 5.41) is 7.46. The van der Waals surface area contributed by atoms with Gasteiger partial charge in [0.15, 0.2) is 0 Å². The number of amides is 3. The Kier molecular flexibility index (Phi) is 5.46. The average Bonchev–Trinajstić information content (AvgIpc) is 2.60. The van der Waals surface area contributed by atoms with E-state index in [1.165, 1.54) is 25.1 Å². The number of para-hydroxylation sites is 1. The molecule has 0 aromatic heterocycles. The minimum absolute atomic E-state index is 0.120. The van der Waals surface area contributed by atoms with Gasteiger partial charge in [-0.2, -0.15) is 13.2 Å². The van der Waals surface area contributed by atoms with E-state index in [9.17, 15) is 22.8 Å². The molecule has 1 aliphatic rings. The standard InChI is InChI=1S/C19H15BrF3N3O2/c1-10-15(16(26-18(28)24-10)11-5-4-6-12(20)9-11)17(27)25-14-8-3-2-7-13(14)19(21,22)23/h2-9,16H,1H3,(H,25,27)(H2,24,26,28)/t16-/m1/s1. The quantitative estimate of drug-likeness (QED) is 0.628. The van der Waals surface area contributed by atoms with Gasteiger partial charge in [0, 0.05) is 10.2 Å². The third-order valence-electron chi connectivity index (χ3n) is 4.18. The molecule has 0 spiro atoms. The predicted octanol–water partition coefficient (Wildman–Crippen LogP) is 4.73. The second-order valence-electron chi connectivity index (χ2n) is 6.12. The Balaban J connectivity index is 1.99. The lowest BCUT2D eigenvalue weighted by molar-refractivity contribution is -0.137. The Hall–Kier alpha value is -2.81. The molecule has 1 aliphatic heterocycles. The molecule has 5 nitrogen and oxygen atoms in total. The molecule has 146 valence electrons. The van der Waals surface area contributed by atoms with Crippen LogP contribution < -0.4 is 16.0 Å². The molecular formula is C19H15BrF3N3O2. The molecule has 28 heavy (non-hydrogen) atoms. The van der Waals surface area contributed by atoms with Gasteiger partial charge in [0.25, 0.3) is 5.91 Å². The highest BCUT2D eigenvalue weighted by Gasteiger charge is 2.35. The van der Waals surface area contributed by atoms with Crippen molar-refractivity contribution in [2.24, 2.45) is 0 Å². The molecular weight excluding hydrogens is 439 g/mol. The smallest absolute Gasteiger partial charge is 0.327 e. The summed E-state index contributed by atoms with van der Waals surface area (Å²) >= 11 is 3.33. The van der Waals surface area contributed by atoms with Gasteiger partial charge < -0.3 is 16.0 Å². The second-order valence-corrected chi connectivity index (χ2v) is 7.04. The zero-order valence-electron chi connectivity index (χ0n) is 14.5. The lowest BCUT2D eigenvalue weighted by Crippen LogP contribution is -2.46. The van der Waals surface area contributed by atoms with Crippen LogP contribution in [0.4, 0.5) is 23.7 Å². The molecule has 0 aliphatic carbocycles. The van der Waals surface area contributed by atoms with Gasteiger partial charge in [0.05, 0.1) is 22.9 Å². The van der Waals surface area contributed by atoms with Gasteiger partial charge in [0.1, 0.15) is 0 Å². The van der Waals surface area contributed by atoms with E-state index < -0.39 is 29.7 Å². The van der Waals surface area contributed by atoms with Crippen molar-refractivity contribution in [1.82, 2.24) is 10.6 Å². The fourth-order valence-corrected chi connectivity index (χ4v) is 3.38. The summed E-state index contributed by atoms with van der Waals surface area (Å²) in [6.07, 6.45) is -4.62. The summed E-state index contributed by atoms with van der Waals surface area (Å²) in [4.78, 5) is 24.8. The van der Waals surface area contributed by atoms with Crippen LogP contribution in [-0.2, 0) is 11.0 Å². The molecule has 0 unspecified atom stereocenters. The fraction of sp³-hybridized carbons (Fsp3) is 0.158. The van der Waals surface area contributed by atoms with E-state index in [1.807, 2.05) is 0 Å². The molecule has 3 rings (SSSR count). The first kappa shape index (κ1) is 19.9. The molecule has 1 atom stereocenters. The summed E-state index contributed by atoms with van der Waals surface area (Å²) in [5.74, 6) is -0.744. The van der Waals surface area contributed by atoms with Crippen LogP contribution >= 0.6 is 15.9 Å². The van der Waals surface area contributed by atoms with Crippen molar-refractivity contribution in [2.75, 3.05) is 5.32 Å². The lowest BCUT2D eigenvalue weighted by atomic mass is 9.94. The van der Waals surface area contributed by atoms with Crippen LogP contribution in [0.15, 0.2) is 64.3 Å². The molecule has 9 heteroatoms.